The van der Waals surface area contributed by atoms with Crippen LogP contribution in [-0.2, 0) is 33.4 Å². The van der Waals surface area contributed by atoms with Gasteiger partial charge in [0, 0.05) is 52.4 Å². The summed E-state index contributed by atoms with van der Waals surface area (Å²) in [5.41, 5.74) is -1.27. The Morgan fingerprint density at radius 2 is 1.15 bits per heavy atom. The second-order valence-corrected chi connectivity index (χ2v) is 12.3. The highest BCUT2D eigenvalue weighted by Crippen LogP contribution is 2.13. The maximum absolute atomic E-state index is 12.8. The van der Waals surface area contributed by atoms with Gasteiger partial charge in [0.1, 0.15) is 17.2 Å². The minimum atomic E-state index is -0.955. The van der Waals surface area contributed by atoms with Crippen molar-refractivity contribution in [3.63, 3.8) is 0 Å². The number of ether oxygens (including phenoxy) is 3. The molecule has 12 nitrogen and oxygen atoms in total. The van der Waals surface area contributed by atoms with Crippen molar-refractivity contribution >= 4 is 23.9 Å². The molecule has 1 heterocycles. The van der Waals surface area contributed by atoms with E-state index in [-0.39, 0.29) is 37.5 Å². The van der Waals surface area contributed by atoms with Gasteiger partial charge >= 0.3 is 23.9 Å². The fraction of sp³-hybridized carbons (Fsp3) is 0.793. The molecule has 1 saturated heterocycles. The van der Waals surface area contributed by atoms with Crippen LogP contribution in [0.1, 0.15) is 54.4 Å². The smallest absolute Gasteiger partial charge is 0.323 e. The second-order valence-electron chi connectivity index (χ2n) is 12.3. The largest absolute Gasteiger partial charge is 0.480 e. The molecular formula is C29H52N4O8. The predicted molar refractivity (Wildman–Crippen MR) is 155 cm³/mol. The first kappa shape index (κ1) is 36.5. The second kappa shape index (κ2) is 17.4. The minimum Gasteiger partial charge on any atom is -0.480 e. The molecule has 0 aromatic rings. The molecule has 0 bridgehead atoms. The maximum Gasteiger partial charge on any atom is 0.323 e. The highest BCUT2D eigenvalue weighted by molar-refractivity contribution is 5.75. The van der Waals surface area contributed by atoms with Crippen molar-refractivity contribution in [1.29, 1.82) is 0 Å². The van der Waals surface area contributed by atoms with E-state index in [4.69, 9.17) is 14.2 Å². The molecule has 0 spiro atoms. The van der Waals surface area contributed by atoms with E-state index in [0.717, 1.165) is 0 Å². The van der Waals surface area contributed by atoms with E-state index in [9.17, 15) is 24.3 Å². The normalized spacial score (nSPS) is 18.4. The summed E-state index contributed by atoms with van der Waals surface area (Å²) in [4.78, 5) is 57.5. The lowest BCUT2D eigenvalue weighted by Crippen LogP contribution is -2.52. The summed E-state index contributed by atoms with van der Waals surface area (Å²) in [5.74, 6) is -2.06. The number of carbonyl (C=O) groups is 4. The van der Waals surface area contributed by atoms with Crippen LogP contribution in [0.15, 0.2) is 12.7 Å². The lowest BCUT2D eigenvalue weighted by molar-refractivity contribution is -0.157. The average Bonchev–Trinajstić information content (AvgIpc) is 2.82. The number of hydrogen-bond acceptors (Lipinski definition) is 11. The molecule has 1 rings (SSSR count). The highest BCUT2D eigenvalue weighted by Gasteiger charge is 2.29. The van der Waals surface area contributed by atoms with Gasteiger partial charge in [0.2, 0.25) is 0 Å². The molecule has 0 radical (unpaired) electrons. The first-order chi connectivity index (χ1) is 19.0. The van der Waals surface area contributed by atoms with Gasteiger partial charge in [0.05, 0.1) is 26.7 Å². The Labute approximate surface area is 245 Å². The van der Waals surface area contributed by atoms with Gasteiger partial charge < -0.3 is 19.3 Å². The molecule has 12 heteroatoms. The molecular weight excluding hydrogens is 532 g/mol. The molecule has 0 amide bonds. The number of aliphatic carboxylic acids is 1. The van der Waals surface area contributed by atoms with Crippen LogP contribution in [0.4, 0.5) is 0 Å². The van der Waals surface area contributed by atoms with E-state index < -0.39 is 23.2 Å². The van der Waals surface area contributed by atoms with Gasteiger partial charge in [0.25, 0.3) is 0 Å². The van der Waals surface area contributed by atoms with Gasteiger partial charge in [-0.05, 0) is 54.4 Å². The van der Waals surface area contributed by atoms with Crippen molar-refractivity contribution in [2.45, 2.75) is 71.6 Å². The Hall–Kier alpha value is -2.54. The quantitative estimate of drug-likeness (QED) is 0.215. The van der Waals surface area contributed by atoms with Crippen molar-refractivity contribution in [3.8, 4) is 0 Å². The zero-order valence-electron chi connectivity index (χ0n) is 26.1. The third kappa shape index (κ3) is 16.5. The maximum atomic E-state index is 12.8. The number of carboxylic acid groups (broad SMARTS) is 1. The molecule has 1 aliphatic rings. The molecule has 0 aromatic carbocycles. The standard InChI is InChI=1S/C29H52N4O8/c1-9-10-11-23(27(38)39-8)33-18-16-31(21-25(36)40-28(2,3)4)14-12-30(20-24(34)35)13-15-32(17-19-33)22-26(37)41-29(5,6)7/h9,23H,1,10-22H2,2-8H3,(H,34,35). The third-order valence-electron chi connectivity index (χ3n) is 6.33. The number of rotatable bonds is 11. The number of hydrogen-bond donors (Lipinski definition) is 1. The molecule has 41 heavy (non-hydrogen) atoms. The van der Waals surface area contributed by atoms with Crippen molar-refractivity contribution in [2.24, 2.45) is 0 Å². The minimum absolute atomic E-state index is 0.0341. The van der Waals surface area contributed by atoms with Gasteiger partial charge in [-0.15, -0.1) is 6.58 Å². The number of carboxylic acids is 1. The van der Waals surface area contributed by atoms with Gasteiger partial charge in [-0.1, -0.05) is 6.08 Å². The summed E-state index contributed by atoms with van der Waals surface area (Å²) >= 11 is 0. The fourth-order valence-electron chi connectivity index (χ4n) is 4.50. The van der Waals surface area contributed by atoms with E-state index in [1.807, 2.05) is 14.7 Å². The van der Waals surface area contributed by atoms with Crippen LogP contribution in [0, 0.1) is 0 Å². The third-order valence-corrected chi connectivity index (χ3v) is 6.33. The van der Waals surface area contributed by atoms with Crippen LogP contribution in [0.3, 0.4) is 0 Å². The van der Waals surface area contributed by atoms with Crippen molar-refractivity contribution < 1.29 is 38.5 Å². The molecule has 0 aliphatic carbocycles. The van der Waals surface area contributed by atoms with E-state index in [0.29, 0.717) is 65.2 Å². The molecule has 1 fully saturated rings. The predicted octanol–water partition coefficient (Wildman–Crippen LogP) is 1.48. The lowest BCUT2D eigenvalue weighted by atomic mass is 10.1. The molecule has 1 N–H and O–H groups in total. The van der Waals surface area contributed by atoms with Gasteiger partial charge in [-0.2, -0.15) is 0 Å². The number of nitrogens with zero attached hydrogens (tertiary/aromatic N) is 4. The first-order valence-electron chi connectivity index (χ1n) is 14.3. The van der Waals surface area contributed by atoms with Crippen LogP contribution in [0.2, 0.25) is 0 Å². The number of esters is 3. The summed E-state index contributed by atoms with van der Waals surface area (Å²) in [7, 11) is 1.36. The number of allylic oxidation sites excluding steroid dienone is 1. The molecule has 1 atom stereocenters. The van der Waals surface area contributed by atoms with Crippen LogP contribution >= 0.6 is 0 Å². The van der Waals surface area contributed by atoms with Crippen LogP contribution < -0.4 is 0 Å². The first-order valence-corrected chi connectivity index (χ1v) is 14.3. The Morgan fingerprint density at radius 3 is 1.49 bits per heavy atom. The summed E-state index contributed by atoms with van der Waals surface area (Å²) in [5, 5.41) is 9.50. The topological polar surface area (TPSA) is 129 Å². The fourth-order valence-corrected chi connectivity index (χ4v) is 4.50. The summed E-state index contributed by atoms with van der Waals surface area (Å²) < 4.78 is 16.2. The molecule has 236 valence electrons. The Kier molecular flexibility index (Phi) is 15.5. The van der Waals surface area contributed by atoms with Crippen LogP contribution in [0.5, 0.6) is 0 Å². The van der Waals surface area contributed by atoms with Crippen LogP contribution in [-0.4, -0.2) is 145 Å². The van der Waals surface area contributed by atoms with E-state index in [1.165, 1.54) is 7.11 Å². The van der Waals surface area contributed by atoms with E-state index in [1.54, 1.807) is 52.5 Å². The van der Waals surface area contributed by atoms with E-state index in [2.05, 4.69) is 6.58 Å². The van der Waals surface area contributed by atoms with Crippen molar-refractivity contribution in [2.75, 3.05) is 79.1 Å². The van der Waals surface area contributed by atoms with Gasteiger partial charge in [-0.25, -0.2) is 0 Å². The van der Waals surface area contributed by atoms with Gasteiger partial charge in [0.15, 0.2) is 0 Å². The van der Waals surface area contributed by atoms with Crippen molar-refractivity contribution in [1.82, 2.24) is 19.6 Å². The Balaban J connectivity index is 3.27. The highest BCUT2D eigenvalue weighted by atomic mass is 16.6. The van der Waals surface area contributed by atoms with Gasteiger partial charge in [-0.3, -0.25) is 38.8 Å². The SMILES string of the molecule is C=CCCC(C(=O)OC)N1CCN(CC(=O)OC(C)(C)C)CCN(CC(=O)O)CCN(CC(=O)OC(C)(C)C)CC1. The van der Waals surface area contributed by atoms with Crippen LogP contribution in [0.25, 0.3) is 0 Å². The molecule has 1 unspecified atom stereocenters. The molecule has 1 aliphatic heterocycles. The summed E-state index contributed by atoms with van der Waals surface area (Å²) in [6.45, 7) is 17.9. The Bertz CT molecular complexity index is 822. The Morgan fingerprint density at radius 1 is 0.756 bits per heavy atom. The molecule has 0 aromatic heterocycles. The zero-order chi connectivity index (χ0) is 31.2. The monoisotopic (exact) mass is 584 g/mol. The summed E-state index contributed by atoms with van der Waals surface area (Å²) in [6, 6.07) is -0.531. The average molecular weight is 585 g/mol. The molecule has 0 saturated carbocycles. The zero-order valence-corrected chi connectivity index (χ0v) is 26.1. The number of methoxy groups -OCH3 is 1. The van der Waals surface area contributed by atoms with E-state index >= 15 is 0 Å². The lowest BCUT2D eigenvalue weighted by Gasteiger charge is -2.36. The summed E-state index contributed by atoms with van der Waals surface area (Å²) in [6.07, 6.45) is 2.89. The van der Waals surface area contributed by atoms with Crippen molar-refractivity contribution in [3.05, 3.63) is 12.7 Å². The number of carbonyl (C=O) groups excluding carboxylic acids is 3.